The first-order chi connectivity index (χ1) is 16.1. The number of hydrogen-bond donors (Lipinski definition) is 0. The standard InChI is InChI=1S/C26H33FN4O2/c1-18-16-28-26(29-17-18)31-10-5-20(6-11-31)22-15-21(22)7-12-33-24-4-3-19(13-23(24)27)14-25(32)30-8-2-9-30/h3-4,13,16-17,20-22H,2,5-12,14-15H2,1H3/t21-,22-/m1/s1. The molecule has 1 saturated carbocycles. The molecule has 0 N–H and O–H groups in total. The third-order valence-electron chi connectivity index (χ3n) is 7.48. The number of ether oxygens (including phenoxy) is 1. The Morgan fingerprint density at radius 3 is 2.58 bits per heavy atom. The molecule has 3 fully saturated rings. The van der Waals surface area contributed by atoms with Crippen LogP contribution in [0.4, 0.5) is 10.3 Å². The highest BCUT2D eigenvalue weighted by atomic mass is 19.1. The molecule has 0 bridgehead atoms. The maximum atomic E-state index is 14.4. The Bertz CT molecular complexity index is 971. The molecule has 6 nitrogen and oxygen atoms in total. The number of hydrogen-bond acceptors (Lipinski definition) is 5. The molecule has 1 aromatic heterocycles. The van der Waals surface area contributed by atoms with Crippen molar-refractivity contribution in [3.05, 3.63) is 47.5 Å². The number of aromatic nitrogens is 2. The lowest BCUT2D eigenvalue weighted by atomic mass is 9.90. The summed E-state index contributed by atoms with van der Waals surface area (Å²) in [6, 6.07) is 4.92. The van der Waals surface area contributed by atoms with Crippen molar-refractivity contribution in [3.63, 3.8) is 0 Å². The van der Waals surface area contributed by atoms with E-state index in [4.69, 9.17) is 4.74 Å². The molecule has 1 aliphatic carbocycles. The molecule has 2 aliphatic heterocycles. The highest BCUT2D eigenvalue weighted by Crippen LogP contribution is 2.49. The lowest BCUT2D eigenvalue weighted by Gasteiger charge is -2.32. The fraction of sp³-hybridized carbons (Fsp3) is 0.577. The van der Waals surface area contributed by atoms with Crippen LogP contribution in [0, 0.1) is 30.5 Å². The van der Waals surface area contributed by atoms with Gasteiger partial charge in [-0.25, -0.2) is 14.4 Å². The average molecular weight is 453 g/mol. The van der Waals surface area contributed by atoms with Crippen molar-refractivity contribution in [1.29, 1.82) is 0 Å². The van der Waals surface area contributed by atoms with Crippen LogP contribution < -0.4 is 9.64 Å². The number of rotatable bonds is 8. The summed E-state index contributed by atoms with van der Waals surface area (Å²) in [6.07, 6.45) is 9.70. The van der Waals surface area contributed by atoms with E-state index in [1.54, 1.807) is 6.07 Å². The zero-order valence-corrected chi connectivity index (χ0v) is 19.4. The third kappa shape index (κ3) is 5.28. The lowest BCUT2D eigenvalue weighted by molar-refractivity contribution is -0.133. The van der Waals surface area contributed by atoms with E-state index >= 15 is 0 Å². The van der Waals surface area contributed by atoms with Gasteiger partial charge in [-0.1, -0.05) is 6.07 Å². The molecule has 2 aromatic rings. The number of benzene rings is 1. The number of aryl methyl sites for hydroxylation is 1. The van der Waals surface area contributed by atoms with Crippen LogP contribution in [0.25, 0.3) is 0 Å². The second kappa shape index (κ2) is 9.65. The van der Waals surface area contributed by atoms with Gasteiger partial charge in [0.05, 0.1) is 13.0 Å². The van der Waals surface area contributed by atoms with Crippen LogP contribution in [0.1, 0.15) is 43.2 Å². The maximum Gasteiger partial charge on any atom is 0.226 e. The zero-order valence-electron chi connectivity index (χ0n) is 19.4. The van der Waals surface area contributed by atoms with E-state index in [0.717, 1.165) is 62.4 Å². The number of likely N-dealkylation sites (tertiary alicyclic amines) is 1. The number of carbonyl (C=O) groups excluding carboxylic acids is 1. The largest absolute Gasteiger partial charge is 0.491 e. The molecule has 2 atom stereocenters. The van der Waals surface area contributed by atoms with Crippen molar-refractivity contribution in [1.82, 2.24) is 14.9 Å². The molecule has 176 valence electrons. The van der Waals surface area contributed by atoms with Gasteiger partial charge in [0, 0.05) is 38.6 Å². The van der Waals surface area contributed by atoms with Gasteiger partial charge >= 0.3 is 0 Å². The smallest absolute Gasteiger partial charge is 0.226 e. The first kappa shape index (κ1) is 22.1. The van der Waals surface area contributed by atoms with E-state index in [0.29, 0.717) is 23.8 Å². The van der Waals surface area contributed by atoms with Gasteiger partial charge in [0.1, 0.15) is 0 Å². The van der Waals surface area contributed by atoms with Crippen LogP contribution in [-0.2, 0) is 11.2 Å². The third-order valence-corrected chi connectivity index (χ3v) is 7.48. The minimum absolute atomic E-state index is 0.0753. The van der Waals surface area contributed by atoms with Gasteiger partial charge in [-0.3, -0.25) is 4.79 Å². The summed E-state index contributed by atoms with van der Waals surface area (Å²) in [6.45, 7) is 6.24. The Balaban J connectivity index is 1.02. The predicted octanol–water partition coefficient (Wildman–Crippen LogP) is 4.02. The van der Waals surface area contributed by atoms with Crippen molar-refractivity contribution in [2.75, 3.05) is 37.7 Å². The number of piperidine rings is 1. The van der Waals surface area contributed by atoms with Gasteiger partial charge in [-0.05, 0) is 80.0 Å². The quantitative estimate of drug-likeness (QED) is 0.606. The molecule has 33 heavy (non-hydrogen) atoms. The molecular formula is C26H33FN4O2. The highest BCUT2D eigenvalue weighted by molar-refractivity contribution is 5.79. The molecule has 3 aliphatic rings. The van der Waals surface area contributed by atoms with E-state index in [-0.39, 0.29) is 18.1 Å². The summed E-state index contributed by atoms with van der Waals surface area (Å²) in [4.78, 5) is 25.1. The average Bonchev–Trinajstić information content (AvgIpc) is 3.54. The Morgan fingerprint density at radius 2 is 1.91 bits per heavy atom. The molecule has 1 aromatic carbocycles. The van der Waals surface area contributed by atoms with Crippen LogP contribution >= 0.6 is 0 Å². The summed E-state index contributed by atoms with van der Waals surface area (Å²) in [5.41, 5.74) is 1.80. The van der Waals surface area contributed by atoms with Crippen molar-refractivity contribution in [2.45, 2.75) is 45.4 Å². The number of amides is 1. The van der Waals surface area contributed by atoms with E-state index in [1.807, 2.05) is 30.3 Å². The summed E-state index contributed by atoms with van der Waals surface area (Å²) in [5.74, 6) is 3.06. The van der Waals surface area contributed by atoms with E-state index in [1.165, 1.54) is 25.3 Å². The SMILES string of the molecule is Cc1cnc(N2CCC([C@H]3C[C@H]3CCOc3ccc(CC(=O)N4CCC4)cc3F)CC2)nc1. The molecule has 1 amide bonds. The number of halogens is 1. The molecule has 2 saturated heterocycles. The number of carbonyl (C=O) groups is 1. The first-order valence-electron chi connectivity index (χ1n) is 12.3. The summed E-state index contributed by atoms with van der Waals surface area (Å²) in [7, 11) is 0. The highest BCUT2D eigenvalue weighted by Gasteiger charge is 2.43. The fourth-order valence-electron chi connectivity index (χ4n) is 5.20. The van der Waals surface area contributed by atoms with E-state index in [2.05, 4.69) is 14.9 Å². The van der Waals surface area contributed by atoms with Gasteiger partial charge in [0.25, 0.3) is 0 Å². The van der Waals surface area contributed by atoms with Gasteiger partial charge in [0.15, 0.2) is 11.6 Å². The van der Waals surface area contributed by atoms with Crippen molar-refractivity contribution in [3.8, 4) is 5.75 Å². The lowest BCUT2D eigenvalue weighted by Crippen LogP contribution is -2.42. The predicted molar refractivity (Wildman–Crippen MR) is 125 cm³/mol. The minimum Gasteiger partial charge on any atom is -0.491 e. The van der Waals surface area contributed by atoms with Crippen molar-refractivity contribution >= 4 is 11.9 Å². The summed E-state index contributed by atoms with van der Waals surface area (Å²) in [5, 5.41) is 0. The Labute approximate surface area is 195 Å². The topological polar surface area (TPSA) is 58.6 Å². The maximum absolute atomic E-state index is 14.4. The molecule has 0 spiro atoms. The minimum atomic E-state index is -0.373. The van der Waals surface area contributed by atoms with E-state index < -0.39 is 0 Å². The molecule has 7 heteroatoms. The number of anilines is 1. The second-order valence-electron chi connectivity index (χ2n) is 9.86. The molecule has 0 unspecified atom stereocenters. The molecule has 5 rings (SSSR count). The zero-order chi connectivity index (χ0) is 22.8. The molecule has 0 radical (unpaired) electrons. The normalized spacial score (nSPS) is 22.7. The Hall–Kier alpha value is -2.70. The van der Waals surface area contributed by atoms with Gasteiger partial charge in [-0.15, -0.1) is 0 Å². The van der Waals surface area contributed by atoms with Crippen molar-refractivity contribution in [2.24, 2.45) is 17.8 Å². The molecular weight excluding hydrogens is 419 g/mol. The van der Waals surface area contributed by atoms with Crippen LogP contribution in [0.5, 0.6) is 5.75 Å². The van der Waals surface area contributed by atoms with Crippen LogP contribution in [0.2, 0.25) is 0 Å². The van der Waals surface area contributed by atoms with Crippen molar-refractivity contribution < 1.29 is 13.9 Å². The van der Waals surface area contributed by atoms with E-state index in [9.17, 15) is 9.18 Å². The molecule has 3 heterocycles. The van der Waals surface area contributed by atoms with Gasteiger partial charge < -0.3 is 14.5 Å². The monoisotopic (exact) mass is 452 g/mol. The Kier molecular flexibility index (Phi) is 6.47. The number of nitrogens with zero attached hydrogens (tertiary/aromatic N) is 4. The second-order valence-corrected chi connectivity index (χ2v) is 9.86. The first-order valence-corrected chi connectivity index (χ1v) is 12.3. The fourth-order valence-corrected chi connectivity index (χ4v) is 5.20. The van der Waals surface area contributed by atoms with Crippen LogP contribution in [0.15, 0.2) is 30.6 Å². The van der Waals surface area contributed by atoms with Gasteiger partial charge in [0.2, 0.25) is 11.9 Å². The summed E-state index contributed by atoms with van der Waals surface area (Å²) < 4.78 is 20.2. The van der Waals surface area contributed by atoms with Gasteiger partial charge in [-0.2, -0.15) is 0 Å². The van der Waals surface area contributed by atoms with Crippen LogP contribution in [0.3, 0.4) is 0 Å². The Morgan fingerprint density at radius 1 is 1.15 bits per heavy atom. The van der Waals surface area contributed by atoms with Crippen LogP contribution in [-0.4, -0.2) is 53.6 Å². The summed E-state index contributed by atoms with van der Waals surface area (Å²) >= 11 is 0.